The van der Waals surface area contributed by atoms with Crippen LogP contribution in [-0.4, -0.2) is 0 Å². The maximum Gasteiger partial charge on any atom is 0.162 e. The van der Waals surface area contributed by atoms with Gasteiger partial charge in [0, 0.05) is 4.91 Å². The van der Waals surface area contributed by atoms with Crippen molar-refractivity contribution >= 4 is 0 Å². The van der Waals surface area contributed by atoms with E-state index < -0.39 is 17.7 Å². The molecule has 0 aromatic heterocycles. The molecule has 0 saturated heterocycles. The van der Waals surface area contributed by atoms with E-state index >= 15 is 0 Å². The van der Waals surface area contributed by atoms with Crippen LogP contribution in [0.2, 0.25) is 0 Å². The first-order chi connectivity index (χ1) is 6.16. The maximum absolute atomic E-state index is 13.0. The van der Waals surface area contributed by atoms with Crippen molar-refractivity contribution in [1.82, 2.24) is 0 Å². The third-order valence-corrected chi connectivity index (χ3v) is 1.66. The monoisotopic (exact) mass is 183 g/mol. The van der Waals surface area contributed by atoms with E-state index in [4.69, 9.17) is 5.53 Å². The molecule has 68 valence electrons. The van der Waals surface area contributed by atoms with Gasteiger partial charge in [-0.1, -0.05) is 24.2 Å². The normalized spacial score (nSPS) is 11.9. The molecule has 3 nitrogen and oxygen atoms in total. The molecule has 0 aliphatic heterocycles. The van der Waals surface area contributed by atoms with Gasteiger partial charge in [0.25, 0.3) is 0 Å². The summed E-state index contributed by atoms with van der Waals surface area (Å²) in [6.07, 6.45) is 0. The maximum atomic E-state index is 13.0. The highest BCUT2D eigenvalue weighted by atomic mass is 19.2. The van der Waals surface area contributed by atoms with Gasteiger partial charge in [-0.05, 0) is 17.2 Å². The van der Waals surface area contributed by atoms with Crippen molar-refractivity contribution in [3.63, 3.8) is 0 Å². The lowest BCUT2D eigenvalue weighted by atomic mass is 10.1. The number of hydrogen-bond acceptors (Lipinski definition) is 1. The van der Waals surface area contributed by atoms with E-state index in [1.807, 2.05) is 0 Å². The predicted molar refractivity (Wildman–Crippen MR) is 43.9 cm³/mol. The smallest absolute Gasteiger partial charge is 0.162 e. The number of halogens is 2. The molecule has 0 fully saturated rings. The summed E-state index contributed by atoms with van der Waals surface area (Å²) in [5, 5.41) is 3.27. The van der Waals surface area contributed by atoms with Crippen molar-refractivity contribution in [2.75, 3.05) is 0 Å². The van der Waals surface area contributed by atoms with E-state index in [-0.39, 0.29) is 5.56 Å². The van der Waals surface area contributed by atoms with Crippen LogP contribution in [0.4, 0.5) is 8.78 Å². The summed E-state index contributed by atoms with van der Waals surface area (Å²) in [5.41, 5.74) is 8.17. The average Bonchev–Trinajstić information content (AvgIpc) is 2.10. The van der Waals surface area contributed by atoms with Gasteiger partial charge < -0.3 is 0 Å². The van der Waals surface area contributed by atoms with Crippen LogP contribution in [0, 0.1) is 11.6 Å². The van der Waals surface area contributed by atoms with Crippen molar-refractivity contribution in [3.8, 4) is 0 Å². The zero-order chi connectivity index (χ0) is 9.84. The average molecular weight is 183 g/mol. The summed E-state index contributed by atoms with van der Waals surface area (Å²) in [5.74, 6) is -1.89. The van der Waals surface area contributed by atoms with Crippen LogP contribution >= 0.6 is 0 Å². The van der Waals surface area contributed by atoms with Crippen molar-refractivity contribution < 1.29 is 8.78 Å². The number of benzene rings is 1. The van der Waals surface area contributed by atoms with Crippen molar-refractivity contribution in [2.45, 2.75) is 13.0 Å². The van der Waals surface area contributed by atoms with Crippen molar-refractivity contribution in [3.05, 3.63) is 45.8 Å². The molecule has 0 N–H and O–H groups in total. The first-order valence-electron chi connectivity index (χ1n) is 3.65. The molecule has 1 rings (SSSR count). The van der Waals surface area contributed by atoms with E-state index in [0.29, 0.717) is 0 Å². The highest BCUT2D eigenvalue weighted by Gasteiger charge is 2.12. The van der Waals surface area contributed by atoms with Crippen LogP contribution in [0.5, 0.6) is 0 Å². The molecule has 1 aromatic carbocycles. The van der Waals surface area contributed by atoms with Crippen LogP contribution in [-0.2, 0) is 0 Å². The quantitative estimate of drug-likeness (QED) is 0.383. The lowest BCUT2D eigenvalue weighted by Gasteiger charge is -2.05. The molecule has 0 amide bonds. The van der Waals surface area contributed by atoms with E-state index in [1.54, 1.807) is 0 Å². The van der Waals surface area contributed by atoms with Crippen molar-refractivity contribution in [1.29, 1.82) is 0 Å². The summed E-state index contributed by atoms with van der Waals surface area (Å²) in [6, 6.07) is 3.08. The predicted octanol–water partition coefficient (Wildman–Crippen LogP) is 3.34. The van der Waals surface area contributed by atoms with Gasteiger partial charge in [-0.2, -0.15) is 0 Å². The summed E-state index contributed by atoms with van der Waals surface area (Å²) >= 11 is 0. The molecule has 0 saturated carbocycles. The summed E-state index contributed by atoms with van der Waals surface area (Å²) in [6.45, 7) is 1.50. The van der Waals surface area contributed by atoms with Gasteiger partial charge in [0.05, 0.1) is 6.04 Å². The number of rotatable bonds is 2. The van der Waals surface area contributed by atoms with Crippen LogP contribution in [0.1, 0.15) is 18.5 Å². The van der Waals surface area contributed by atoms with E-state index in [2.05, 4.69) is 10.0 Å². The van der Waals surface area contributed by atoms with E-state index in [1.165, 1.54) is 19.1 Å². The fourth-order valence-electron chi connectivity index (χ4n) is 0.983. The van der Waals surface area contributed by atoms with Gasteiger partial charge in [-0.3, -0.25) is 0 Å². The minimum Gasteiger partial charge on any atom is -0.204 e. The lowest BCUT2D eigenvalue weighted by molar-refractivity contribution is 0.492. The minimum absolute atomic E-state index is 0.0674. The van der Waals surface area contributed by atoms with Gasteiger partial charge in [-0.25, -0.2) is 8.78 Å². The zero-order valence-corrected chi connectivity index (χ0v) is 6.91. The van der Waals surface area contributed by atoms with Gasteiger partial charge in [-0.15, -0.1) is 0 Å². The minimum atomic E-state index is -0.956. The summed E-state index contributed by atoms with van der Waals surface area (Å²) < 4.78 is 25.7. The summed E-state index contributed by atoms with van der Waals surface area (Å²) in [4.78, 5) is 2.52. The lowest BCUT2D eigenvalue weighted by Crippen LogP contribution is -1.96. The highest BCUT2D eigenvalue weighted by Crippen LogP contribution is 2.21. The first-order valence-corrected chi connectivity index (χ1v) is 3.65. The molecule has 0 radical (unpaired) electrons. The molecule has 0 spiro atoms. The Kier molecular flexibility index (Phi) is 2.82. The topological polar surface area (TPSA) is 48.8 Å². The van der Waals surface area contributed by atoms with Crippen LogP contribution in [0.15, 0.2) is 23.3 Å². The third-order valence-electron chi connectivity index (χ3n) is 1.66. The zero-order valence-electron chi connectivity index (χ0n) is 6.91. The Balaban J connectivity index is 3.14. The molecule has 0 bridgehead atoms. The number of azide groups is 1. The Morgan fingerprint density at radius 2 is 2.15 bits per heavy atom. The molecule has 0 heterocycles. The Labute approximate surface area is 73.6 Å². The third kappa shape index (κ3) is 1.95. The Bertz CT molecular complexity index is 358. The van der Waals surface area contributed by atoms with Gasteiger partial charge >= 0.3 is 0 Å². The molecule has 0 unspecified atom stereocenters. The van der Waals surface area contributed by atoms with Crippen molar-refractivity contribution in [2.24, 2.45) is 5.11 Å². The second-order valence-electron chi connectivity index (χ2n) is 2.52. The Morgan fingerprint density at radius 3 is 2.77 bits per heavy atom. The van der Waals surface area contributed by atoms with E-state index in [9.17, 15) is 8.78 Å². The molecule has 1 atom stereocenters. The standard InChI is InChI=1S/C8H7F2N3/c1-5(12-13-11)6-3-2-4-7(9)8(6)10/h2-5H,1H3/t5-/m0/s1. The molecule has 0 aliphatic rings. The molecule has 1 aromatic rings. The fourth-order valence-corrected chi connectivity index (χ4v) is 0.983. The fraction of sp³-hybridized carbons (Fsp3) is 0.250. The van der Waals surface area contributed by atoms with Gasteiger partial charge in [0.2, 0.25) is 0 Å². The van der Waals surface area contributed by atoms with Gasteiger partial charge in [0.15, 0.2) is 11.6 Å². The molecule has 5 heteroatoms. The highest BCUT2D eigenvalue weighted by molar-refractivity contribution is 5.21. The number of hydrogen-bond donors (Lipinski definition) is 0. The van der Waals surface area contributed by atoms with Crippen LogP contribution < -0.4 is 0 Å². The van der Waals surface area contributed by atoms with Crippen LogP contribution in [0.25, 0.3) is 10.4 Å². The first kappa shape index (κ1) is 9.48. The van der Waals surface area contributed by atoms with Crippen LogP contribution in [0.3, 0.4) is 0 Å². The van der Waals surface area contributed by atoms with Gasteiger partial charge in [0.1, 0.15) is 0 Å². The largest absolute Gasteiger partial charge is 0.204 e. The molecular weight excluding hydrogens is 176 g/mol. The Hall–Kier alpha value is -1.61. The Morgan fingerprint density at radius 1 is 1.46 bits per heavy atom. The van der Waals surface area contributed by atoms with E-state index in [0.717, 1.165) is 6.07 Å². The summed E-state index contributed by atoms with van der Waals surface area (Å²) in [7, 11) is 0. The second kappa shape index (κ2) is 3.87. The molecule has 13 heavy (non-hydrogen) atoms. The molecular formula is C8H7F2N3. The second-order valence-corrected chi connectivity index (χ2v) is 2.52. The SMILES string of the molecule is C[C@H](N=[N+]=[N-])c1cccc(F)c1F. The number of nitrogens with zero attached hydrogens (tertiary/aromatic N) is 3. The molecule has 0 aliphatic carbocycles.